The lowest BCUT2D eigenvalue weighted by atomic mass is 9.97. The van der Waals surface area contributed by atoms with Crippen molar-refractivity contribution in [1.82, 2.24) is 14.8 Å². The predicted octanol–water partition coefficient (Wildman–Crippen LogP) is 3.97. The molecular weight excluding hydrogens is 537 g/mol. The number of halogens is 2. The number of likely N-dealkylation sites (tertiary alicyclic amines) is 1. The van der Waals surface area contributed by atoms with Gasteiger partial charge in [0.2, 0.25) is 10.0 Å². The highest BCUT2D eigenvalue weighted by Crippen LogP contribution is 2.31. The summed E-state index contributed by atoms with van der Waals surface area (Å²) in [6, 6.07) is 7.43. The van der Waals surface area contributed by atoms with E-state index >= 15 is 0 Å². The van der Waals surface area contributed by atoms with Gasteiger partial charge in [-0.2, -0.15) is 0 Å². The molecule has 2 fully saturated rings. The van der Waals surface area contributed by atoms with Crippen LogP contribution in [0.4, 0.5) is 11.5 Å². The summed E-state index contributed by atoms with van der Waals surface area (Å²) in [5, 5.41) is 0.955. The number of benzene rings is 1. The maximum absolute atomic E-state index is 13.2. The van der Waals surface area contributed by atoms with Gasteiger partial charge in [0.25, 0.3) is 5.91 Å². The number of hydrogen-bond donors (Lipinski definition) is 1. The number of carbonyl (C=O) groups excluding carboxylic acids is 1. The standard InChI is InChI=1S/C25H33Cl2N5O4S/c1-4-19-16-31(24-22(27)14-18(15-28-24)29-37(3,34)35)11-12-32(19)20-7-9-30(10-8-20)25(33)21-6-5-17(26)13-23(21)36-2/h5-6,13-15,19-20,29H,4,7-12,16H2,1-3H3. The fourth-order valence-electron chi connectivity index (χ4n) is 5.25. The first-order chi connectivity index (χ1) is 17.6. The number of aromatic nitrogens is 1. The second-order valence-corrected chi connectivity index (χ2v) is 12.1. The minimum absolute atomic E-state index is 0.0293. The van der Waals surface area contributed by atoms with E-state index in [1.807, 2.05) is 4.90 Å². The van der Waals surface area contributed by atoms with E-state index in [-0.39, 0.29) is 5.91 Å². The van der Waals surface area contributed by atoms with Crippen LogP contribution in [0.15, 0.2) is 30.5 Å². The second kappa shape index (κ2) is 11.6. The third-order valence-corrected chi connectivity index (χ3v) is 8.16. The molecule has 1 aromatic carbocycles. The van der Waals surface area contributed by atoms with Crippen LogP contribution < -0.4 is 14.4 Å². The summed E-state index contributed by atoms with van der Waals surface area (Å²) in [5.41, 5.74) is 0.881. The quantitative estimate of drug-likeness (QED) is 0.538. The van der Waals surface area contributed by atoms with Crippen LogP contribution in [0.25, 0.3) is 0 Å². The van der Waals surface area contributed by atoms with Crippen molar-refractivity contribution >= 4 is 50.6 Å². The summed E-state index contributed by atoms with van der Waals surface area (Å²) in [6.45, 7) is 5.97. The number of nitrogens with zero attached hydrogens (tertiary/aromatic N) is 4. The predicted molar refractivity (Wildman–Crippen MR) is 148 cm³/mol. The van der Waals surface area contributed by atoms with Crippen LogP contribution in [0.2, 0.25) is 10.0 Å². The number of methoxy groups -OCH3 is 1. The van der Waals surface area contributed by atoms with E-state index in [9.17, 15) is 13.2 Å². The van der Waals surface area contributed by atoms with Crippen molar-refractivity contribution in [1.29, 1.82) is 0 Å². The smallest absolute Gasteiger partial charge is 0.257 e. The molecule has 9 nitrogen and oxygen atoms in total. The van der Waals surface area contributed by atoms with Crippen molar-refractivity contribution < 1.29 is 17.9 Å². The van der Waals surface area contributed by atoms with Crippen LogP contribution in [0.3, 0.4) is 0 Å². The van der Waals surface area contributed by atoms with Crippen molar-refractivity contribution in [2.24, 2.45) is 0 Å². The van der Waals surface area contributed by atoms with Crippen LogP contribution in [0.1, 0.15) is 36.5 Å². The normalized spacial score (nSPS) is 19.6. The average molecular weight is 571 g/mol. The molecule has 2 saturated heterocycles. The number of nitrogens with one attached hydrogen (secondary N) is 1. The Morgan fingerprint density at radius 2 is 1.89 bits per heavy atom. The Labute approximate surface area is 228 Å². The van der Waals surface area contributed by atoms with E-state index in [1.54, 1.807) is 31.4 Å². The minimum Gasteiger partial charge on any atom is -0.496 e. The number of piperidine rings is 1. The number of carbonyl (C=O) groups is 1. The van der Waals surface area contributed by atoms with Gasteiger partial charge in [-0.25, -0.2) is 13.4 Å². The molecule has 1 atom stereocenters. The summed E-state index contributed by atoms with van der Waals surface area (Å²) in [7, 11) is -1.86. The van der Waals surface area contributed by atoms with Gasteiger partial charge >= 0.3 is 0 Å². The Kier molecular flexibility index (Phi) is 8.73. The van der Waals surface area contributed by atoms with E-state index in [0.29, 0.717) is 58.0 Å². The molecule has 37 heavy (non-hydrogen) atoms. The Hall–Kier alpha value is -2.27. The number of hydrogen-bond acceptors (Lipinski definition) is 7. The molecule has 1 unspecified atom stereocenters. The van der Waals surface area contributed by atoms with Crippen molar-refractivity contribution in [2.75, 3.05) is 55.7 Å². The van der Waals surface area contributed by atoms with Gasteiger partial charge in [0, 0.05) is 49.8 Å². The number of rotatable bonds is 7. The van der Waals surface area contributed by atoms with Gasteiger partial charge in [0.1, 0.15) is 11.6 Å². The molecule has 0 saturated carbocycles. The van der Waals surface area contributed by atoms with E-state index in [2.05, 4.69) is 26.4 Å². The summed E-state index contributed by atoms with van der Waals surface area (Å²) in [5.74, 6) is 1.13. The Morgan fingerprint density at radius 3 is 2.51 bits per heavy atom. The monoisotopic (exact) mass is 569 g/mol. The third kappa shape index (κ3) is 6.60. The molecule has 0 spiro atoms. The fourth-order valence-corrected chi connectivity index (χ4v) is 6.24. The summed E-state index contributed by atoms with van der Waals surface area (Å²) in [4.78, 5) is 24.2. The maximum Gasteiger partial charge on any atom is 0.257 e. The van der Waals surface area contributed by atoms with E-state index in [0.717, 1.165) is 45.2 Å². The molecule has 0 aliphatic carbocycles. The van der Waals surface area contributed by atoms with Crippen LogP contribution in [-0.2, 0) is 10.0 Å². The molecule has 2 aliphatic rings. The van der Waals surface area contributed by atoms with Gasteiger partial charge in [-0.15, -0.1) is 0 Å². The lowest BCUT2D eigenvalue weighted by molar-refractivity contribution is 0.0489. The zero-order valence-corrected chi connectivity index (χ0v) is 23.6. The molecule has 12 heteroatoms. The number of ether oxygens (including phenoxy) is 1. The average Bonchev–Trinajstić information content (AvgIpc) is 2.87. The summed E-state index contributed by atoms with van der Waals surface area (Å²) >= 11 is 12.5. The number of sulfonamides is 1. The van der Waals surface area contributed by atoms with Crippen molar-refractivity contribution in [2.45, 2.75) is 38.3 Å². The number of anilines is 2. The lowest BCUT2D eigenvalue weighted by Gasteiger charge is -2.47. The molecule has 2 aliphatic heterocycles. The Bertz CT molecular complexity index is 1240. The van der Waals surface area contributed by atoms with Gasteiger partial charge in [-0.05, 0) is 43.5 Å². The highest BCUT2D eigenvalue weighted by molar-refractivity contribution is 7.92. The third-order valence-electron chi connectivity index (χ3n) is 7.04. The summed E-state index contributed by atoms with van der Waals surface area (Å²) in [6.07, 6.45) is 5.38. The van der Waals surface area contributed by atoms with Gasteiger partial charge in [-0.1, -0.05) is 30.1 Å². The molecule has 3 heterocycles. The topological polar surface area (TPSA) is 95.1 Å². The zero-order valence-electron chi connectivity index (χ0n) is 21.3. The molecular formula is C25H33Cl2N5O4S. The van der Waals surface area contributed by atoms with Crippen molar-refractivity contribution in [3.05, 3.63) is 46.1 Å². The van der Waals surface area contributed by atoms with Crippen LogP contribution in [0, 0.1) is 0 Å². The number of pyridine rings is 1. The van der Waals surface area contributed by atoms with Gasteiger partial charge in [0.05, 0.1) is 35.8 Å². The molecule has 0 radical (unpaired) electrons. The first kappa shape index (κ1) is 27.8. The molecule has 4 rings (SSSR count). The van der Waals surface area contributed by atoms with Crippen molar-refractivity contribution in [3.8, 4) is 5.75 Å². The highest BCUT2D eigenvalue weighted by Gasteiger charge is 2.35. The largest absolute Gasteiger partial charge is 0.496 e. The van der Waals surface area contributed by atoms with Gasteiger partial charge < -0.3 is 14.5 Å². The highest BCUT2D eigenvalue weighted by atomic mass is 35.5. The molecule has 0 bridgehead atoms. The molecule has 1 amide bonds. The second-order valence-electron chi connectivity index (χ2n) is 9.52. The molecule has 202 valence electrons. The maximum atomic E-state index is 13.2. The number of piperazine rings is 1. The van der Waals surface area contributed by atoms with E-state index < -0.39 is 10.0 Å². The van der Waals surface area contributed by atoms with Crippen LogP contribution >= 0.6 is 23.2 Å². The SMILES string of the molecule is CCC1CN(c2ncc(NS(C)(=O)=O)cc2Cl)CCN1C1CCN(C(=O)c2ccc(Cl)cc2OC)CC1. The van der Waals surface area contributed by atoms with E-state index in [1.165, 1.54) is 6.20 Å². The first-order valence-corrected chi connectivity index (χ1v) is 15.0. The van der Waals surface area contributed by atoms with Gasteiger partial charge in [0.15, 0.2) is 0 Å². The fraction of sp³-hybridized carbons (Fsp3) is 0.520. The number of amides is 1. The minimum atomic E-state index is -3.40. The first-order valence-electron chi connectivity index (χ1n) is 12.4. The Balaban J connectivity index is 1.37. The lowest BCUT2D eigenvalue weighted by Crippen LogP contribution is -2.58. The molecule has 1 aromatic heterocycles. The van der Waals surface area contributed by atoms with E-state index in [4.69, 9.17) is 27.9 Å². The van der Waals surface area contributed by atoms with Crippen LogP contribution in [-0.4, -0.2) is 87.3 Å². The summed E-state index contributed by atoms with van der Waals surface area (Å²) < 4.78 is 30.8. The Morgan fingerprint density at radius 1 is 1.16 bits per heavy atom. The van der Waals surface area contributed by atoms with Gasteiger partial charge in [-0.3, -0.25) is 14.4 Å². The zero-order chi connectivity index (χ0) is 26.7. The van der Waals surface area contributed by atoms with Crippen molar-refractivity contribution in [3.63, 3.8) is 0 Å². The van der Waals surface area contributed by atoms with Crippen LogP contribution in [0.5, 0.6) is 5.75 Å². The molecule has 2 aromatic rings. The molecule has 1 N–H and O–H groups in total.